The Kier molecular flexibility index (Phi) is 5.37. The highest BCUT2D eigenvalue weighted by molar-refractivity contribution is 7.18. The number of amides is 1. The first-order valence-corrected chi connectivity index (χ1v) is 10.4. The molecule has 0 spiro atoms. The highest BCUT2D eigenvalue weighted by atomic mass is 31.0. The van der Waals surface area contributed by atoms with Crippen molar-refractivity contribution in [2.45, 2.75) is 37.3 Å². The minimum absolute atomic E-state index is 0.0678. The molecule has 2 aliphatic heterocycles. The lowest BCUT2D eigenvalue weighted by Crippen LogP contribution is -2.58. The van der Waals surface area contributed by atoms with E-state index in [9.17, 15) is 10.1 Å². The quantitative estimate of drug-likeness (QED) is 0.769. The van der Waals surface area contributed by atoms with Crippen LogP contribution in [0.3, 0.4) is 0 Å². The van der Waals surface area contributed by atoms with Crippen molar-refractivity contribution >= 4 is 31.9 Å². The molecule has 0 aliphatic carbocycles. The number of alkyl halides is 1. The molecule has 7 nitrogen and oxygen atoms in total. The lowest BCUT2D eigenvalue weighted by atomic mass is 10.0. The van der Waals surface area contributed by atoms with Gasteiger partial charge in [0.25, 0.3) is 0 Å². The van der Waals surface area contributed by atoms with Gasteiger partial charge in [0.1, 0.15) is 22.5 Å². The molecule has 0 radical (unpaired) electrons. The number of carbonyl (C=O) groups excluding carboxylic acids is 1. The summed E-state index contributed by atoms with van der Waals surface area (Å²) in [6, 6.07) is 5.05. The molecule has 4 unspecified atom stereocenters. The van der Waals surface area contributed by atoms with Crippen LogP contribution in [0.5, 0.6) is 0 Å². The molecule has 1 aromatic heterocycles. The average molecular weight is 414 g/mol. The van der Waals surface area contributed by atoms with E-state index in [-0.39, 0.29) is 31.0 Å². The number of hydrogen-bond acceptors (Lipinski definition) is 6. The topological polar surface area (TPSA) is 85.2 Å². The zero-order chi connectivity index (χ0) is 20.6. The van der Waals surface area contributed by atoms with Gasteiger partial charge in [-0.1, -0.05) is 9.24 Å². The first-order valence-electron chi connectivity index (χ1n) is 9.79. The maximum atomic E-state index is 15.2. The number of hydrogen-bond donors (Lipinski definition) is 1. The summed E-state index contributed by atoms with van der Waals surface area (Å²) in [5.41, 5.74) is 2.21. The normalized spacial score (nSPS) is 25.9. The van der Waals surface area contributed by atoms with Crippen molar-refractivity contribution < 1.29 is 9.18 Å². The molecule has 152 valence electrons. The molecule has 2 aromatic rings. The second kappa shape index (κ2) is 7.81. The van der Waals surface area contributed by atoms with Gasteiger partial charge in [-0.25, -0.2) is 4.39 Å². The van der Waals surface area contributed by atoms with Crippen LogP contribution in [0.2, 0.25) is 0 Å². The summed E-state index contributed by atoms with van der Waals surface area (Å²) < 4.78 is 15.2. The Balaban J connectivity index is 1.59. The molecule has 9 heteroatoms. The van der Waals surface area contributed by atoms with Gasteiger partial charge in [0.2, 0.25) is 5.91 Å². The molecule has 2 saturated heterocycles. The van der Waals surface area contributed by atoms with Crippen LogP contribution in [0.25, 0.3) is 11.0 Å². The third kappa shape index (κ3) is 4.03. The number of benzene rings is 1. The summed E-state index contributed by atoms with van der Waals surface area (Å²) in [6.45, 7) is 4.37. The standard InChI is InChI=1S/C20H24FN6OP/c1-13(26-7-2-8-26)19(28)25-15-9-20(21,29)12-27(11-15)16-4-3-14(10-22)17-18(16)24-6-5-23-17/h3-6,13,15H,2,7-9,11-12,29H2,1H3,(H,25,28). The average Bonchev–Trinajstić information content (AvgIpc) is 2.64. The highest BCUT2D eigenvalue weighted by Gasteiger charge is 2.39. The van der Waals surface area contributed by atoms with Crippen molar-refractivity contribution in [2.24, 2.45) is 0 Å². The van der Waals surface area contributed by atoms with Crippen molar-refractivity contribution in [3.63, 3.8) is 0 Å². The summed E-state index contributed by atoms with van der Waals surface area (Å²) in [7, 11) is 2.28. The molecular formula is C20H24FN6OP. The van der Waals surface area contributed by atoms with E-state index in [0.717, 1.165) is 19.5 Å². The molecule has 1 N–H and O–H groups in total. The smallest absolute Gasteiger partial charge is 0.237 e. The van der Waals surface area contributed by atoms with E-state index in [1.165, 1.54) is 0 Å². The first-order chi connectivity index (χ1) is 13.9. The van der Waals surface area contributed by atoms with Crippen LogP contribution in [0, 0.1) is 11.3 Å². The second-order valence-electron chi connectivity index (χ2n) is 7.89. The number of aromatic nitrogens is 2. The van der Waals surface area contributed by atoms with Gasteiger partial charge in [0, 0.05) is 44.5 Å². The monoisotopic (exact) mass is 414 g/mol. The minimum Gasteiger partial charge on any atom is -0.364 e. The summed E-state index contributed by atoms with van der Waals surface area (Å²) >= 11 is 0. The molecule has 29 heavy (non-hydrogen) atoms. The summed E-state index contributed by atoms with van der Waals surface area (Å²) in [5, 5.41) is 10.8. The number of piperidine rings is 1. The number of rotatable bonds is 4. The Morgan fingerprint density at radius 2 is 2.10 bits per heavy atom. The van der Waals surface area contributed by atoms with E-state index in [2.05, 4.69) is 35.5 Å². The molecule has 1 amide bonds. The van der Waals surface area contributed by atoms with Gasteiger partial charge >= 0.3 is 0 Å². The van der Waals surface area contributed by atoms with Crippen LogP contribution in [-0.4, -0.2) is 64.4 Å². The van der Waals surface area contributed by atoms with E-state index >= 15 is 4.39 Å². The van der Waals surface area contributed by atoms with Gasteiger partial charge < -0.3 is 10.2 Å². The zero-order valence-corrected chi connectivity index (χ0v) is 17.5. The van der Waals surface area contributed by atoms with Crippen molar-refractivity contribution in [1.29, 1.82) is 5.26 Å². The van der Waals surface area contributed by atoms with Crippen LogP contribution in [-0.2, 0) is 4.79 Å². The Morgan fingerprint density at radius 3 is 2.76 bits per heavy atom. The number of nitrogens with one attached hydrogen (secondary N) is 1. The lowest BCUT2D eigenvalue weighted by Gasteiger charge is -2.42. The van der Waals surface area contributed by atoms with E-state index < -0.39 is 5.41 Å². The SMILES string of the molecule is CC(C(=O)NC1CN(c2ccc(C#N)c3nccnc23)CC(F)(P)C1)N1CCC1. The number of halogens is 1. The van der Waals surface area contributed by atoms with Gasteiger partial charge in [0.05, 0.1) is 23.8 Å². The van der Waals surface area contributed by atoms with Crippen molar-refractivity contribution in [2.75, 3.05) is 31.1 Å². The van der Waals surface area contributed by atoms with Crippen molar-refractivity contribution in [3.05, 3.63) is 30.1 Å². The summed E-state index contributed by atoms with van der Waals surface area (Å²) in [4.78, 5) is 25.3. The Labute approximate surface area is 171 Å². The van der Waals surface area contributed by atoms with Crippen LogP contribution in [0.15, 0.2) is 24.5 Å². The predicted molar refractivity (Wildman–Crippen MR) is 112 cm³/mol. The van der Waals surface area contributed by atoms with E-state index in [1.807, 2.05) is 11.8 Å². The van der Waals surface area contributed by atoms with Gasteiger partial charge in [-0.05, 0) is 25.5 Å². The summed E-state index contributed by atoms with van der Waals surface area (Å²) in [5.74, 6) is -0.0678. The van der Waals surface area contributed by atoms with Crippen LogP contribution >= 0.6 is 9.24 Å². The maximum absolute atomic E-state index is 15.2. The van der Waals surface area contributed by atoms with E-state index in [0.29, 0.717) is 28.8 Å². The van der Waals surface area contributed by atoms with Gasteiger partial charge in [-0.3, -0.25) is 19.7 Å². The molecule has 2 aliphatic rings. The number of anilines is 1. The van der Waals surface area contributed by atoms with Crippen LogP contribution in [0.1, 0.15) is 25.3 Å². The number of likely N-dealkylation sites (tertiary alicyclic amines) is 1. The third-order valence-corrected chi connectivity index (χ3v) is 6.13. The zero-order valence-electron chi connectivity index (χ0n) is 16.3. The molecule has 4 atom stereocenters. The molecule has 0 bridgehead atoms. The minimum atomic E-state index is -1.54. The fraction of sp³-hybridized carbons (Fsp3) is 0.500. The highest BCUT2D eigenvalue weighted by Crippen LogP contribution is 2.36. The lowest BCUT2D eigenvalue weighted by molar-refractivity contribution is -0.128. The number of nitriles is 1. The second-order valence-corrected chi connectivity index (χ2v) is 8.92. The fourth-order valence-corrected chi connectivity index (χ4v) is 4.58. The van der Waals surface area contributed by atoms with Gasteiger partial charge in [-0.2, -0.15) is 5.26 Å². The number of carbonyl (C=O) groups is 1. The number of nitrogens with zero attached hydrogens (tertiary/aromatic N) is 5. The van der Waals surface area contributed by atoms with E-state index in [1.54, 1.807) is 24.5 Å². The summed E-state index contributed by atoms with van der Waals surface area (Å²) in [6.07, 6.45) is 4.44. The van der Waals surface area contributed by atoms with Crippen molar-refractivity contribution in [1.82, 2.24) is 20.2 Å². The maximum Gasteiger partial charge on any atom is 0.237 e. The van der Waals surface area contributed by atoms with Gasteiger partial charge in [0.15, 0.2) is 0 Å². The Morgan fingerprint density at radius 1 is 1.38 bits per heavy atom. The molecule has 4 rings (SSSR count). The largest absolute Gasteiger partial charge is 0.364 e. The molecule has 1 aromatic carbocycles. The van der Waals surface area contributed by atoms with E-state index in [4.69, 9.17) is 0 Å². The molecule has 0 saturated carbocycles. The van der Waals surface area contributed by atoms with Crippen molar-refractivity contribution in [3.8, 4) is 6.07 Å². The molecule has 3 heterocycles. The fourth-order valence-electron chi connectivity index (χ4n) is 4.07. The Bertz CT molecular complexity index is 973. The van der Waals surface area contributed by atoms with Crippen LogP contribution in [0.4, 0.5) is 10.1 Å². The first kappa shape index (κ1) is 19.9. The van der Waals surface area contributed by atoms with Crippen LogP contribution < -0.4 is 10.2 Å². The number of fused-ring (bicyclic) bond motifs is 1. The van der Waals surface area contributed by atoms with Gasteiger partial charge in [-0.15, -0.1) is 0 Å². The molecule has 2 fully saturated rings. The third-order valence-electron chi connectivity index (χ3n) is 5.71. The predicted octanol–water partition coefficient (Wildman–Crippen LogP) is 1.83. The molecular weight excluding hydrogens is 390 g/mol. The Hall–Kier alpha value is -2.36.